The minimum absolute atomic E-state index is 0.0981. The van der Waals surface area contributed by atoms with Gasteiger partial charge in [0.1, 0.15) is 5.82 Å². The quantitative estimate of drug-likeness (QED) is 0.860. The van der Waals surface area contributed by atoms with E-state index in [0.717, 1.165) is 0 Å². The van der Waals surface area contributed by atoms with E-state index in [9.17, 15) is 22.7 Å². The summed E-state index contributed by atoms with van der Waals surface area (Å²) >= 11 is 0. The van der Waals surface area contributed by atoms with Gasteiger partial charge in [0.15, 0.2) is 5.60 Å². The zero-order valence-electron chi connectivity index (χ0n) is 12.3. The minimum atomic E-state index is -4.62. The molecule has 1 aromatic carbocycles. The number of aliphatic hydroxyl groups is 1. The summed E-state index contributed by atoms with van der Waals surface area (Å²) in [4.78, 5) is 6.01. The molecule has 2 aromatic rings. The van der Waals surface area contributed by atoms with Crippen molar-refractivity contribution in [3.05, 3.63) is 41.8 Å². The van der Waals surface area contributed by atoms with Crippen LogP contribution in [0.15, 0.2) is 30.5 Å². The van der Waals surface area contributed by atoms with Gasteiger partial charge in [-0.15, -0.1) is 0 Å². The Balaban J connectivity index is 1.77. The number of pyridine rings is 1. The molecule has 7 heteroatoms. The van der Waals surface area contributed by atoms with E-state index in [1.807, 2.05) is 0 Å². The molecule has 0 amide bonds. The first-order valence-corrected chi connectivity index (χ1v) is 7.33. The fourth-order valence-corrected chi connectivity index (χ4v) is 2.95. The SMILES string of the molecule is OC1(C(F)(F)F)CCN(Cc2cc(F)cc3cccnc23)CC1. The topological polar surface area (TPSA) is 36.4 Å². The predicted octanol–water partition coefficient (Wildman–Crippen LogP) is 3.26. The number of nitrogens with zero attached hydrogens (tertiary/aromatic N) is 2. The van der Waals surface area contributed by atoms with Gasteiger partial charge in [0.2, 0.25) is 0 Å². The van der Waals surface area contributed by atoms with Crippen LogP contribution < -0.4 is 0 Å². The summed E-state index contributed by atoms with van der Waals surface area (Å²) < 4.78 is 52.1. The van der Waals surface area contributed by atoms with Crippen molar-refractivity contribution in [1.82, 2.24) is 9.88 Å². The monoisotopic (exact) mass is 328 g/mol. The van der Waals surface area contributed by atoms with Crippen molar-refractivity contribution >= 4 is 10.9 Å². The fourth-order valence-electron chi connectivity index (χ4n) is 2.95. The van der Waals surface area contributed by atoms with Gasteiger partial charge < -0.3 is 5.11 Å². The Hall–Kier alpha value is -1.73. The zero-order chi connectivity index (χ0) is 16.7. The summed E-state index contributed by atoms with van der Waals surface area (Å²) in [6.45, 7) is 0.501. The Morgan fingerprint density at radius 2 is 1.91 bits per heavy atom. The van der Waals surface area contributed by atoms with Gasteiger partial charge in [-0.25, -0.2) is 4.39 Å². The van der Waals surface area contributed by atoms with Gasteiger partial charge >= 0.3 is 6.18 Å². The number of rotatable bonds is 2. The van der Waals surface area contributed by atoms with Crippen LogP contribution in [0.2, 0.25) is 0 Å². The summed E-state index contributed by atoms with van der Waals surface area (Å²) in [6.07, 6.45) is -3.77. The summed E-state index contributed by atoms with van der Waals surface area (Å²) in [6, 6.07) is 6.19. The van der Waals surface area contributed by atoms with E-state index in [1.165, 1.54) is 12.1 Å². The van der Waals surface area contributed by atoms with E-state index in [1.54, 1.807) is 23.2 Å². The van der Waals surface area contributed by atoms with Gasteiger partial charge in [-0.3, -0.25) is 9.88 Å². The first-order valence-electron chi connectivity index (χ1n) is 7.33. The number of hydrogen-bond acceptors (Lipinski definition) is 3. The number of likely N-dealkylation sites (tertiary alicyclic amines) is 1. The van der Waals surface area contributed by atoms with Crippen LogP contribution in [0, 0.1) is 5.82 Å². The fraction of sp³-hybridized carbons (Fsp3) is 0.438. The number of halogens is 4. The zero-order valence-corrected chi connectivity index (χ0v) is 12.3. The highest BCUT2D eigenvalue weighted by molar-refractivity contribution is 5.81. The van der Waals surface area contributed by atoms with Gasteiger partial charge in [0, 0.05) is 31.2 Å². The number of hydrogen-bond donors (Lipinski definition) is 1. The molecule has 1 N–H and O–H groups in total. The third kappa shape index (κ3) is 3.16. The molecule has 0 radical (unpaired) electrons. The molecule has 1 aromatic heterocycles. The number of benzene rings is 1. The molecule has 124 valence electrons. The summed E-state index contributed by atoms with van der Waals surface area (Å²) in [5.41, 5.74) is -1.34. The lowest BCUT2D eigenvalue weighted by molar-refractivity contribution is -0.272. The van der Waals surface area contributed by atoms with Gasteiger partial charge in [0.25, 0.3) is 0 Å². The Morgan fingerprint density at radius 1 is 1.22 bits per heavy atom. The Labute approximate surface area is 130 Å². The lowest BCUT2D eigenvalue weighted by atomic mass is 9.90. The van der Waals surface area contributed by atoms with Gasteiger partial charge in [-0.05, 0) is 36.6 Å². The molecule has 1 aliphatic rings. The van der Waals surface area contributed by atoms with E-state index in [2.05, 4.69) is 4.98 Å². The molecule has 0 unspecified atom stereocenters. The largest absolute Gasteiger partial charge is 0.417 e. The highest BCUT2D eigenvalue weighted by Crippen LogP contribution is 2.38. The van der Waals surface area contributed by atoms with Crippen LogP contribution >= 0.6 is 0 Å². The number of aromatic nitrogens is 1. The van der Waals surface area contributed by atoms with Crippen molar-refractivity contribution in [3.8, 4) is 0 Å². The average Bonchev–Trinajstić information content (AvgIpc) is 2.48. The van der Waals surface area contributed by atoms with Crippen LogP contribution in [-0.4, -0.2) is 39.9 Å². The van der Waals surface area contributed by atoms with Crippen LogP contribution in [0.1, 0.15) is 18.4 Å². The van der Waals surface area contributed by atoms with Crippen molar-refractivity contribution < 1.29 is 22.7 Å². The van der Waals surface area contributed by atoms with Crippen LogP contribution in [0.3, 0.4) is 0 Å². The van der Waals surface area contributed by atoms with Crippen molar-refractivity contribution in [3.63, 3.8) is 0 Å². The Morgan fingerprint density at radius 3 is 2.57 bits per heavy atom. The molecule has 2 heterocycles. The lowest BCUT2D eigenvalue weighted by Crippen LogP contribution is -2.53. The maximum Gasteiger partial charge on any atom is 0.417 e. The Kier molecular flexibility index (Phi) is 4.01. The van der Waals surface area contributed by atoms with Crippen LogP contribution in [0.4, 0.5) is 17.6 Å². The first kappa shape index (κ1) is 16.1. The second kappa shape index (κ2) is 5.72. The van der Waals surface area contributed by atoms with Crippen LogP contribution in [0.5, 0.6) is 0 Å². The number of fused-ring (bicyclic) bond motifs is 1. The lowest BCUT2D eigenvalue weighted by Gasteiger charge is -2.39. The van der Waals surface area contributed by atoms with E-state index in [4.69, 9.17) is 0 Å². The highest BCUT2D eigenvalue weighted by atomic mass is 19.4. The molecule has 3 rings (SSSR count). The minimum Gasteiger partial charge on any atom is -0.380 e. The van der Waals surface area contributed by atoms with E-state index in [0.29, 0.717) is 23.0 Å². The molecule has 0 aliphatic carbocycles. The maximum absolute atomic E-state index is 13.7. The molecule has 1 aliphatic heterocycles. The summed E-state index contributed by atoms with van der Waals surface area (Å²) in [5.74, 6) is -0.399. The Bertz CT molecular complexity index is 709. The van der Waals surface area contributed by atoms with E-state index >= 15 is 0 Å². The molecule has 0 saturated carbocycles. The predicted molar refractivity (Wildman–Crippen MR) is 77.2 cm³/mol. The molecular formula is C16H16F4N2O. The number of piperidine rings is 1. The first-order chi connectivity index (χ1) is 10.8. The van der Waals surface area contributed by atoms with Crippen molar-refractivity contribution in [2.75, 3.05) is 13.1 Å². The highest BCUT2D eigenvalue weighted by Gasteiger charge is 2.54. The van der Waals surface area contributed by atoms with Gasteiger partial charge in [-0.1, -0.05) is 6.07 Å². The smallest absolute Gasteiger partial charge is 0.380 e. The summed E-state index contributed by atoms with van der Waals surface area (Å²) in [5, 5.41) is 10.3. The third-order valence-corrected chi connectivity index (χ3v) is 4.35. The normalized spacial score (nSPS) is 19.2. The van der Waals surface area contributed by atoms with Gasteiger partial charge in [-0.2, -0.15) is 13.2 Å². The second-order valence-corrected chi connectivity index (χ2v) is 5.95. The molecule has 0 bridgehead atoms. The summed E-state index contributed by atoms with van der Waals surface area (Å²) in [7, 11) is 0. The molecule has 0 spiro atoms. The van der Waals surface area contributed by atoms with Gasteiger partial charge in [0.05, 0.1) is 5.52 Å². The van der Waals surface area contributed by atoms with Crippen LogP contribution in [-0.2, 0) is 6.54 Å². The number of alkyl halides is 3. The van der Waals surface area contributed by atoms with E-state index in [-0.39, 0.29) is 25.9 Å². The molecule has 0 atom stereocenters. The van der Waals surface area contributed by atoms with Crippen molar-refractivity contribution in [2.24, 2.45) is 0 Å². The molecule has 3 nitrogen and oxygen atoms in total. The third-order valence-electron chi connectivity index (χ3n) is 4.35. The molecule has 23 heavy (non-hydrogen) atoms. The standard InChI is InChI=1S/C16H16F4N2O/c17-13-8-11-2-1-5-21-14(11)12(9-13)10-22-6-3-15(23,4-7-22)16(18,19)20/h1-2,5,8-9,23H,3-4,6-7,10H2. The molecular weight excluding hydrogens is 312 g/mol. The van der Waals surface area contributed by atoms with E-state index < -0.39 is 17.6 Å². The van der Waals surface area contributed by atoms with Crippen molar-refractivity contribution in [1.29, 1.82) is 0 Å². The average molecular weight is 328 g/mol. The van der Waals surface area contributed by atoms with Crippen molar-refractivity contribution in [2.45, 2.75) is 31.2 Å². The second-order valence-electron chi connectivity index (χ2n) is 5.95. The molecule has 1 fully saturated rings. The maximum atomic E-state index is 13.7. The molecule has 1 saturated heterocycles. The van der Waals surface area contributed by atoms with Crippen LogP contribution in [0.25, 0.3) is 10.9 Å².